The van der Waals surface area contributed by atoms with Gasteiger partial charge in [-0.1, -0.05) is 0 Å². The Balaban J connectivity index is 1.65. The molecular weight excluding hydrogens is 344 g/mol. The highest BCUT2D eigenvalue weighted by Gasteiger charge is 2.47. The summed E-state index contributed by atoms with van der Waals surface area (Å²) in [4.78, 5) is 47.9. The summed E-state index contributed by atoms with van der Waals surface area (Å²) in [5.74, 6) is -0.135. The number of H-pyrrole nitrogens is 1. The van der Waals surface area contributed by atoms with Gasteiger partial charge in [0.25, 0.3) is 11.5 Å². The van der Waals surface area contributed by atoms with Crippen LogP contribution in [0.1, 0.15) is 28.1 Å². The van der Waals surface area contributed by atoms with Crippen molar-refractivity contribution in [2.45, 2.75) is 25.4 Å². The molecule has 1 unspecified atom stereocenters. The van der Waals surface area contributed by atoms with Crippen LogP contribution in [-0.4, -0.2) is 64.1 Å². The average Bonchev–Trinajstić information content (AvgIpc) is 3.05. The highest BCUT2D eigenvalue weighted by molar-refractivity contribution is 7.20. The molecule has 0 bridgehead atoms. The number of thiophene rings is 1. The number of hydrogen-bond acceptors (Lipinski definition) is 6. The van der Waals surface area contributed by atoms with Crippen LogP contribution in [0.25, 0.3) is 10.2 Å². The zero-order valence-electron chi connectivity index (χ0n) is 14.0. The Morgan fingerprint density at radius 2 is 2.20 bits per heavy atom. The van der Waals surface area contributed by atoms with Crippen LogP contribution in [0.3, 0.4) is 0 Å². The number of ether oxygens (including phenoxy) is 1. The Morgan fingerprint density at radius 3 is 2.88 bits per heavy atom. The first-order valence-electron chi connectivity index (χ1n) is 8.10. The Kier molecular flexibility index (Phi) is 3.57. The summed E-state index contributed by atoms with van der Waals surface area (Å²) >= 11 is 1.23. The predicted octanol–water partition coefficient (Wildman–Crippen LogP) is 1.35. The summed E-state index contributed by atoms with van der Waals surface area (Å²) in [6.07, 6.45) is 2.52. The third-order valence-electron chi connectivity index (χ3n) is 4.89. The SMILES string of the molecule is Cc1c(C(=O)N2CCCC3(CN(C)C(=O)O3)C2)sc2nc[nH]c(=O)c12. The van der Waals surface area contributed by atoms with E-state index < -0.39 is 5.60 Å². The summed E-state index contributed by atoms with van der Waals surface area (Å²) < 4.78 is 5.56. The number of hydrogen-bond donors (Lipinski definition) is 1. The molecule has 132 valence electrons. The number of amides is 2. The van der Waals surface area contributed by atoms with Crippen LogP contribution in [0.15, 0.2) is 11.1 Å². The normalized spacial score (nSPS) is 23.5. The highest BCUT2D eigenvalue weighted by Crippen LogP contribution is 2.34. The lowest BCUT2D eigenvalue weighted by Gasteiger charge is -2.38. The minimum atomic E-state index is -0.625. The van der Waals surface area contributed by atoms with Gasteiger partial charge in [-0.05, 0) is 25.3 Å². The molecule has 0 radical (unpaired) electrons. The number of aromatic nitrogens is 2. The summed E-state index contributed by atoms with van der Waals surface area (Å²) in [7, 11) is 1.70. The Morgan fingerprint density at radius 1 is 1.40 bits per heavy atom. The molecule has 0 aliphatic carbocycles. The van der Waals surface area contributed by atoms with E-state index in [0.717, 1.165) is 12.8 Å². The van der Waals surface area contributed by atoms with Crippen molar-refractivity contribution in [3.8, 4) is 0 Å². The first-order valence-corrected chi connectivity index (χ1v) is 8.92. The number of likely N-dealkylation sites (tertiary alicyclic amines) is 1. The molecule has 1 N–H and O–H groups in total. The lowest BCUT2D eigenvalue weighted by Crippen LogP contribution is -2.52. The van der Waals surface area contributed by atoms with Crippen molar-refractivity contribution >= 4 is 33.6 Å². The lowest BCUT2D eigenvalue weighted by atomic mass is 9.92. The molecule has 1 spiro atoms. The number of piperidine rings is 1. The largest absolute Gasteiger partial charge is 0.439 e. The zero-order chi connectivity index (χ0) is 17.8. The van der Waals surface area contributed by atoms with Gasteiger partial charge in [0.15, 0.2) is 0 Å². The molecule has 0 saturated carbocycles. The van der Waals surface area contributed by atoms with E-state index in [2.05, 4.69) is 9.97 Å². The predicted molar refractivity (Wildman–Crippen MR) is 92.0 cm³/mol. The van der Waals surface area contributed by atoms with Crippen LogP contribution in [0, 0.1) is 6.92 Å². The van der Waals surface area contributed by atoms with E-state index in [1.165, 1.54) is 17.7 Å². The first-order chi connectivity index (χ1) is 11.9. The standard InChI is InChI=1S/C16H18N4O4S/c1-9-10-12(21)17-8-18-13(10)25-11(9)14(22)20-5-3-4-16(7-20)6-19(2)15(23)24-16/h8H,3-7H2,1-2H3,(H,17,18,21). The molecule has 2 saturated heterocycles. The van der Waals surface area contributed by atoms with Gasteiger partial charge in [-0.3, -0.25) is 9.59 Å². The second-order valence-electron chi connectivity index (χ2n) is 6.71. The third kappa shape index (κ3) is 2.50. The topological polar surface area (TPSA) is 95.6 Å². The van der Waals surface area contributed by atoms with Gasteiger partial charge in [0.1, 0.15) is 10.4 Å². The zero-order valence-corrected chi connectivity index (χ0v) is 14.8. The van der Waals surface area contributed by atoms with Gasteiger partial charge in [0, 0.05) is 13.6 Å². The van der Waals surface area contributed by atoms with E-state index in [-0.39, 0.29) is 17.6 Å². The lowest BCUT2D eigenvalue weighted by molar-refractivity contribution is -0.00506. The number of aromatic amines is 1. The van der Waals surface area contributed by atoms with Crippen LogP contribution < -0.4 is 5.56 Å². The number of fused-ring (bicyclic) bond motifs is 1. The van der Waals surface area contributed by atoms with Crippen molar-refractivity contribution in [2.75, 3.05) is 26.7 Å². The van der Waals surface area contributed by atoms with E-state index >= 15 is 0 Å². The second-order valence-corrected chi connectivity index (χ2v) is 7.70. The van der Waals surface area contributed by atoms with Gasteiger partial charge in [-0.2, -0.15) is 0 Å². The van der Waals surface area contributed by atoms with Gasteiger partial charge in [0.05, 0.1) is 29.7 Å². The second kappa shape index (κ2) is 5.55. The minimum Gasteiger partial charge on any atom is -0.439 e. The maximum atomic E-state index is 13.0. The molecule has 9 heteroatoms. The molecule has 1 atom stereocenters. The third-order valence-corrected chi connectivity index (χ3v) is 6.08. The fourth-order valence-electron chi connectivity index (χ4n) is 3.70. The molecule has 2 aliphatic heterocycles. The molecule has 2 aromatic heterocycles. The molecule has 25 heavy (non-hydrogen) atoms. The molecule has 0 aromatic carbocycles. The van der Waals surface area contributed by atoms with Crippen LogP contribution in [0.2, 0.25) is 0 Å². The van der Waals surface area contributed by atoms with Crippen molar-refractivity contribution in [3.05, 3.63) is 27.1 Å². The monoisotopic (exact) mass is 362 g/mol. The average molecular weight is 362 g/mol. The van der Waals surface area contributed by atoms with Gasteiger partial charge in [0.2, 0.25) is 0 Å². The van der Waals surface area contributed by atoms with E-state index in [4.69, 9.17) is 4.74 Å². The number of rotatable bonds is 1. The summed E-state index contributed by atoms with van der Waals surface area (Å²) in [6, 6.07) is 0. The number of carbonyl (C=O) groups is 2. The highest BCUT2D eigenvalue weighted by atomic mass is 32.1. The molecular formula is C16H18N4O4S. The van der Waals surface area contributed by atoms with Gasteiger partial charge >= 0.3 is 6.09 Å². The molecule has 2 amide bonds. The molecule has 8 nitrogen and oxygen atoms in total. The molecule has 4 rings (SSSR count). The fourth-order valence-corrected chi connectivity index (χ4v) is 4.82. The number of likely N-dealkylation sites (N-methyl/N-ethyl adjacent to an activating group) is 1. The van der Waals surface area contributed by atoms with Gasteiger partial charge < -0.3 is 19.5 Å². The van der Waals surface area contributed by atoms with Crippen molar-refractivity contribution in [1.82, 2.24) is 19.8 Å². The van der Waals surface area contributed by atoms with Crippen LogP contribution in [-0.2, 0) is 4.74 Å². The summed E-state index contributed by atoms with van der Waals surface area (Å²) in [5, 5.41) is 0.467. The van der Waals surface area contributed by atoms with Crippen molar-refractivity contribution in [1.29, 1.82) is 0 Å². The summed E-state index contributed by atoms with van der Waals surface area (Å²) in [6.45, 7) is 3.24. The molecule has 2 aromatic rings. The van der Waals surface area contributed by atoms with Crippen molar-refractivity contribution < 1.29 is 14.3 Å². The number of aryl methyl sites for hydroxylation is 1. The number of carbonyl (C=O) groups excluding carboxylic acids is 2. The molecule has 2 aliphatic rings. The van der Waals surface area contributed by atoms with Crippen LogP contribution >= 0.6 is 11.3 Å². The van der Waals surface area contributed by atoms with Crippen LogP contribution in [0.4, 0.5) is 4.79 Å². The Hall–Kier alpha value is -2.42. The van der Waals surface area contributed by atoms with Crippen molar-refractivity contribution in [3.63, 3.8) is 0 Å². The maximum absolute atomic E-state index is 13.0. The smallest absolute Gasteiger partial charge is 0.410 e. The fraction of sp³-hybridized carbons (Fsp3) is 0.500. The quantitative estimate of drug-likeness (QED) is 0.826. The van der Waals surface area contributed by atoms with E-state index in [1.54, 1.807) is 23.8 Å². The maximum Gasteiger partial charge on any atom is 0.410 e. The Bertz CT molecular complexity index is 936. The van der Waals surface area contributed by atoms with Gasteiger partial charge in [-0.15, -0.1) is 11.3 Å². The minimum absolute atomic E-state index is 0.135. The first kappa shape index (κ1) is 16.1. The molecule has 4 heterocycles. The van der Waals surface area contributed by atoms with Gasteiger partial charge in [-0.25, -0.2) is 9.78 Å². The number of nitrogens with one attached hydrogen (secondary N) is 1. The van der Waals surface area contributed by atoms with Crippen molar-refractivity contribution in [2.24, 2.45) is 0 Å². The van der Waals surface area contributed by atoms with E-state index in [9.17, 15) is 14.4 Å². The van der Waals surface area contributed by atoms with E-state index in [1.807, 2.05) is 0 Å². The Labute approximate surface area is 147 Å². The van der Waals surface area contributed by atoms with Crippen LogP contribution in [0.5, 0.6) is 0 Å². The van der Waals surface area contributed by atoms with E-state index in [0.29, 0.717) is 40.3 Å². The summed E-state index contributed by atoms with van der Waals surface area (Å²) in [5.41, 5.74) is -0.209. The number of nitrogens with zero attached hydrogens (tertiary/aromatic N) is 3. The molecule has 2 fully saturated rings.